The molecule has 110 valence electrons. The van der Waals surface area contributed by atoms with E-state index in [9.17, 15) is 0 Å². The van der Waals surface area contributed by atoms with Crippen molar-refractivity contribution in [3.63, 3.8) is 0 Å². The maximum absolute atomic E-state index is 3.62. The molecule has 0 bridgehead atoms. The molecule has 0 saturated heterocycles. The molecule has 1 aromatic heterocycles. The maximum Gasteiger partial charge on any atom is 0.0102 e. The van der Waals surface area contributed by atoms with Gasteiger partial charge in [0.25, 0.3) is 0 Å². The highest BCUT2D eigenvalue weighted by Crippen LogP contribution is 2.22. The lowest BCUT2D eigenvalue weighted by molar-refractivity contribution is 0.166. The third kappa shape index (κ3) is 6.07. The van der Waals surface area contributed by atoms with Gasteiger partial charge < -0.3 is 10.2 Å². The van der Waals surface area contributed by atoms with Crippen molar-refractivity contribution >= 4 is 11.3 Å². The van der Waals surface area contributed by atoms with Crippen molar-refractivity contribution in [2.75, 3.05) is 26.7 Å². The smallest absolute Gasteiger partial charge is 0.0102 e. The SMILES string of the molecule is CCCNC(C)C(C)(C)CN(C)CCc1cccs1. The van der Waals surface area contributed by atoms with Crippen LogP contribution in [-0.2, 0) is 6.42 Å². The van der Waals surface area contributed by atoms with Crippen molar-refractivity contribution in [3.05, 3.63) is 22.4 Å². The normalized spacial score (nSPS) is 14.0. The number of hydrogen-bond donors (Lipinski definition) is 1. The summed E-state index contributed by atoms with van der Waals surface area (Å²) in [5.74, 6) is 0. The summed E-state index contributed by atoms with van der Waals surface area (Å²) in [5, 5.41) is 5.79. The molecule has 1 rings (SSSR count). The van der Waals surface area contributed by atoms with Gasteiger partial charge >= 0.3 is 0 Å². The predicted octanol–water partition coefficient (Wildman–Crippen LogP) is 3.64. The van der Waals surface area contributed by atoms with E-state index in [1.807, 2.05) is 11.3 Å². The third-order valence-electron chi connectivity index (χ3n) is 3.87. The van der Waals surface area contributed by atoms with Gasteiger partial charge in [-0.15, -0.1) is 11.3 Å². The topological polar surface area (TPSA) is 15.3 Å². The van der Waals surface area contributed by atoms with Crippen LogP contribution in [0.4, 0.5) is 0 Å². The summed E-state index contributed by atoms with van der Waals surface area (Å²) in [6.45, 7) is 12.6. The molecule has 1 heterocycles. The van der Waals surface area contributed by atoms with Crippen LogP contribution < -0.4 is 5.32 Å². The second-order valence-corrected chi connectivity index (χ2v) is 7.26. The summed E-state index contributed by atoms with van der Waals surface area (Å²) in [4.78, 5) is 3.95. The van der Waals surface area contributed by atoms with Crippen LogP contribution in [0.1, 0.15) is 39.0 Å². The van der Waals surface area contributed by atoms with Gasteiger partial charge in [-0.05, 0) is 50.2 Å². The first-order chi connectivity index (χ1) is 8.95. The van der Waals surface area contributed by atoms with Crippen LogP contribution in [0.25, 0.3) is 0 Å². The van der Waals surface area contributed by atoms with Gasteiger partial charge in [0.1, 0.15) is 0 Å². The number of nitrogens with zero attached hydrogens (tertiary/aromatic N) is 1. The van der Waals surface area contributed by atoms with E-state index in [0.29, 0.717) is 11.5 Å². The molecular weight excluding hydrogens is 252 g/mol. The van der Waals surface area contributed by atoms with Crippen LogP contribution in [-0.4, -0.2) is 37.6 Å². The average Bonchev–Trinajstić information content (AvgIpc) is 2.85. The molecule has 0 fully saturated rings. The van der Waals surface area contributed by atoms with Crippen molar-refractivity contribution in [2.24, 2.45) is 5.41 Å². The van der Waals surface area contributed by atoms with Crippen LogP contribution in [0, 0.1) is 5.41 Å². The van der Waals surface area contributed by atoms with Crippen LogP contribution >= 0.6 is 11.3 Å². The molecule has 0 saturated carbocycles. The standard InChI is InChI=1S/C16H30N2S/c1-6-10-17-14(2)16(3,4)13-18(5)11-9-15-8-7-12-19-15/h7-8,12,14,17H,6,9-11,13H2,1-5H3. The summed E-state index contributed by atoms with van der Waals surface area (Å²) in [7, 11) is 2.24. The van der Waals surface area contributed by atoms with Crippen LogP contribution in [0.3, 0.4) is 0 Å². The van der Waals surface area contributed by atoms with E-state index in [1.165, 1.54) is 17.7 Å². The average molecular weight is 282 g/mol. The lowest BCUT2D eigenvalue weighted by atomic mass is 9.84. The Morgan fingerprint density at radius 1 is 1.42 bits per heavy atom. The molecule has 19 heavy (non-hydrogen) atoms. The number of likely N-dealkylation sites (N-methyl/N-ethyl adjacent to an activating group) is 1. The van der Waals surface area contributed by atoms with E-state index in [1.54, 1.807) is 0 Å². The molecule has 2 nitrogen and oxygen atoms in total. The Kier molecular flexibility index (Phi) is 7.05. The predicted molar refractivity (Wildman–Crippen MR) is 87.1 cm³/mol. The van der Waals surface area contributed by atoms with E-state index in [-0.39, 0.29) is 0 Å². The number of hydrogen-bond acceptors (Lipinski definition) is 3. The zero-order chi connectivity index (χ0) is 14.3. The Bertz CT molecular complexity index is 333. The molecule has 1 aromatic rings. The number of thiophene rings is 1. The molecule has 0 aliphatic rings. The molecule has 0 amide bonds. The van der Waals surface area contributed by atoms with Gasteiger partial charge in [0, 0.05) is 24.0 Å². The lowest BCUT2D eigenvalue weighted by Gasteiger charge is -2.36. The van der Waals surface area contributed by atoms with E-state index in [4.69, 9.17) is 0 Å². The van der Waals surface area contributed by atoms with Crippen LogP contribution in [0.15, 0.2) is 17.5 Å². The monoisotopic (exact) mass is 282 g/mol. The minimum atomic E-state index is 0.305. The van der Waals surface area contributed by atoms with Crippen molar-refractivity contribution in [1.82, 2.24) is 10.2 Å². The van der Waals surface area contributed by atoms with Gasteiger partial charge in [-0.25, -0.2) is 0 Å². The molecule has 0 aliphatic heterocycles. The Morgan fingerprint density at radius 2 is 2.16 bits per heavy atom. The van der Waals surface area contributed by atoms with E-state index in [2.05, 4.69) is 62.5 Å². The molecule has 1 atom stereocenters. The second kappa shape index (κ2) is 8.03. The lowest BCUT2D eigenvalue weighted by Crippen LogP contribution is -2.46. The fourth-order valence-electron chi connectivity index (χ4n) is 2.30. The fourth-order valence-corrected chi connectivity index (χ4v) is 3.00. The molecule has 1 unspecified atom stereocenters. The van der Waals surface area contributed by atoms with Gasteiger partial charge in [0.2, 0.25) is 0 Å². The molecular formula is C16H30N2S. The Labute approximate surface area is 123 Å². The van der Waals surface area contributed by atoms with E-state index in [0.717, 1.165) is 19.6 Å². The Morgan fingerprint density at radius 3 is 2.74 bits per heavy atom. The first-order valence-corrected chi connectivity index (χ1v) is 8.28. The number of rotatable bonds is 9. The first kappa shape index (κ1) is 16.7. The molecule has 0 aliphatic carbocycles. The zero-order valence-electron chi connectivity index (χ0n) is 13.2. The molecule has 0 spiro atoms. The summed E-state index contributed by atoms with van der Waals surface area (Å²) in [6.07, 6.45) is 2.37. The summed E-state index contributed by atoms with van der Waals surface area (Å²) >= 11 is 1.86. The minimum Gasteiger partial charge on any atom is -0.314 e. The van der Waals surface area contributed by atoms with Crippen molar-refractivity contribution in [1.29, 1.82) is 0 Å². The molecule has 1 N–H and O–H groups in total. The molecule has 0 radical (unpaired) electrons. The molecule has 3 heteroatoms. The Balaban J connectivity index is 2.34. The second-order valence-electron chi connectivity index (χ2n) is 6.23. The summed E-state index contributed by atoms with van der Waals surface area (Å²) in [5.41, 5.74) is 0.305. The van der Waals surface area contributed by atoms with Gasteiger partial charge in [-0.1, -0.05) is 26.8 Å². The van der Waals surface area contributed by atoms with Gasteiger partial charge in [-0.2, -0.15) is 0 Å². The Hall–Kier alpha value is -0.380. The summed E-state index contributed by atoms with van der Waals surface area (Å²) < 4.78 is 0. The van der Waals surface area contributed by atoms with Crippen molar-refractivity contribution in [3.8, 4) is 0 Å². The van der Waals surface area contributed by atoms with Gasteiger partial charge in [-0.3, -0.25) is 0 Å². The third-order valence-corrected chi connectivity index (χ3v) is 4.81. The van der Waals surface area contributed by atoms with Crippen LogP contribution in [0.5, 0.6) is 0 Å². The van der Waals surface area contributed by atoms with Crippen molar-refractivity contribution in [2.45, 2.75) is 46.6 Å². The van der Waals surface area contributed by atoms with E-state index < -0.39 is 0 Å². The maximum atomic E-state index is 3.62. The summed E-state index contributed by atoms with van der Waals surface area (Å²) in [6, 6.07) is 4.92. The quantitative estimate of drug-likeness (QED) is 0.744. The first-order valence-electron chi connectivity index (χ1n) is 7.40. The van der Waals surface area contributed by atoms with Crippen molar-refractivity contribution < 1.29 is 0 Å². The zero-order valence-corrected chi connectivity index (χ0v) is 14.0. The largest absolute Gasteiger partial charge is 0.314 e. The minimum absolute atomic E-state index is 0.305. The molecule has 0 aromatic carbocycles. The number of nitrogens with one attached hydrogen (secondary N) is 1. The highest BCUT2D eigenvalue weighted by atomic mass is 32.1. The highest BCUT2D eigenvalue weighted by molar-refractivity contribution is 7.09. The van der Waals surface area contributed by atoms with Gasteiger partial charge in [0.05, 0.1) is 0 Å². The van der Waals surface area contributed by atoms with Gasteiger partial charge in [0.15, 0.2) is 0 Å². The van der Waals surface area contributed by atoms with E-state index >= 15 is 0 Å². The van der Waals surface area contributed by atoms with Crippen LogP contribution in [0.2, 0.25) is 0 Å². The fraction of sp³-hybridized carbons (Fsp3) is 0.750. The highest BCUT2D eigenvalue weighted by Gasteiger charge is 2.26.